The second-order valence-electron chi connectivity index (χ2n) is 5.09. The van der Waals surface area contributed by atoms with Crippen LogP contribution in [0.2, 0.25) is 0 Å². The monoisotopic (exact) mass is 279 g/mol. The zero-order valence-electron chi connectivity index (χ0n) is 12.1. The van der Waals surface area contributed by atoms with E-state index in [-0.39, 0.29) is 0 Å². The summed E-state index contributed by atoms with van der Waals surface area (Å²) in [6, 6.07) is 13.8. The van der Waals surface area contributed by atoms with Gasteiger partial charge in [-0.1, -0.05) is 18.2 Å². The molecular formula is C17H17N3O. The second-order valence-corrected chi connectivity index (χ2v) is 5.09. The molecule has 1 N–H and O–H groups in total. The minimum atomic E-state index is -0.580. The molecule has 21 heavy (non-hydrogen) atoms. The fourth-order valence-electron chi connectivity index (χ4n) is 2.29. The third kappa shape index (κ3) is 2.71. The molecule has 4 nitrogen and oxygen atoms in total. The molecule has 0 aliphatic rings. The van der Waals surface area contributed by atoms with Crippen LogP contribution in [0.3, 0.4) is 0 Å². The number of aliphatic hydroxyl groups excluding tert-OH is 1. The Hall–Kier alpha value is -2.46. The van der Waals surface area contributed by atoms with Crippen molar-refractivity contribution in [1.82, 2.24) is 14.8 Å². The standard InChI is InChI=1S/C17H17N3O/c1-12-7-8-14(17(11-12)20-10-4-9-18-20)16-6-3-5-15(19-16)13(2)21/h3-11,13,21H,1-2H3/t13-/m0/s1. The molecule has 0 bridgehead atoms. The normalized spacial score (nSPS) is 12.3. The van der Waals surface area contributed by atoms with Gasteiger partial charge in [-0.15, -0.1) is 0 Å². The van der Waals surface area contributed by atoms with Crippen LogP contribution in [-0.4, -0.2) is 19.9 Å². The molecule has 0 fully saturated rings. The number of benzene rings is 1. The van der Waals surface area contributed by atoms with Crippen molar-refractivity contribution in [2.75, 3.05) is 0 Å². The third-order valence-electron chi connectivity index (χ3n) is 3.38. The molecule has 4 heteroatoms. The van der Waals surface area contributed by atoms with Crippen molar-refractivity contribution < 1.29 is 5.11 Å². The lowest BCUT2D eigenvalue weighted by molar-refractivity contribution is 0.194. The van der Waals surface area contributed by atoms with Gasteiger partial charge >= 0.3 is 0 Å². The molecule has 106 valence electrons. The van der Waals surface area contributed by atoms with E-state index in [2.05, 4.69) is 29.1 Å². The average Bonchev–Trinajstić information content (AvgIpc) is 3.01. The zero-order valence-corrected chi connectivity index (χ0v) is 12.1. The summed E-state index contributed by atoms with van der Waals surface area (Å²) in [4.78, 5) is 4.55. The van der Waals surface area contributed by atoms with Crippen LogP contribution in [0.4, 0.5) is 0 Å². The SMILES string of the molecule is Cc1ccc(-c2cccc([C@H](C)O)n2)c(-n2cccn2)c1. The number of aryl methyl sites for hydroxylation is 1. The number of pyridine rings is 1. The summed E-state index contributed by atoms with van der Waals surface area (Å²) in [6.07, 6.45) is 3.09. The highest BCUT2D eigenvalue weighted by Crippen LogP contribution is 2.27. The first-order chi connectivity index (χ1) is 10.1. The van der Waals surface area contributed by atoms with Crippen LogP contribution >= 0.6 is 0 Å². The lowest BCUT2D eigenvalue weighted by Gasteiger charge is -2.12. The maximum absolute atomic E-state index is 9.71. The highest BCUT2D eigenvalue weighted by Gasteiger charge is 2.11. The van der Waals surface area contributed by atoms with E-state index in [1.807, 2.05) is 41.2 Å². The quantitative estimate of drug-likeness (QED) is 0.800. The number of hydrogen-bond acceptors (Lipinski definition) is 3. The number of rotatable bonds is 3. The topological polar surface area (TPSA) is 50.9 Å². The summed E-state index contributed by atoms with van der Waals surface area (Å²) in [5.41, 5.74) is 4.64. The molecule has 2 heterocycles. The summed E-state index contributed by atoms with van der Waals surface area (Å²) < 4.78 is 1.83. The maximum atomic E-state index is 9.71. The van der Waals surface area contributed by atoms with E-state index in [0.717, 1.165) is 22.5 Å². The van der Waals surface area contributed by atoms with Gasteiger partial charge in [0.05, 0.1) is 23.2 Å². The molecule has 0 aliphatic carbocycles. The van der Waals surface area contributed by atoms with E-state index < -0.39 is 6.10 Å². The van der Waals surface area contributed by atoms with Gasteiger partial charge in [-0.3, -0.25) is 4.98 Å². The second kappa shape index (κ2) is 5.50. The average molecular weight is 279 g/mol. The first kappa shape index (κ1) is 13.5. The highest BCUT2D eigenvalue weighted by molar-refractivity contribution is 5.70. The van der Waals surface area contributed by atoms with Gasteiger partial charge in [-0.2, -0.15) is 5.10 Å². The zero-order chi connectivity index (χ0) is 14.8. The van der Waals surface area contributed by atoms with Gasteiger partial charge in [-0.25, -0.2) is 4.68 Å². The molecule has 1 atom stereocenters. The van der Waals surface area contributed by atoms with Crippen LogP contribution < -0.4 is 0 Å². The van der Waals surface area contributed by atoms with Crippen molar-refractivity contribution in [2.45, 2.75) is 20.0 Å². The first-order valence-corrected chi connectivity index (χ1v) is 6.91. The molecule has 2 aromatic heterocycles. The van der Waals surface area contributed by atoms with Crippen LogP contribution in [0.15, 0.2) is 54.9 Å². The predicted octanol–water partition coefficient (Wildman–Crippen LogP) is 3.30. The molecule has 3 aromatic rings. The fourth-order valence-corrected chi connectivity index (χ4v) is 2.29. The van der Waals surface area contributed by atoms with Crippen molar-refractivity contribution in [1.29, 1.82) is 0 Å². The molecule has 0 radical (unpaired) electrons. The highest BCUT2D eigenvalue weighted by atomic mass is 16.3. The Morgan fingerprint density at radius 2 is 2.00 bits per heavy atom. The van der Waals surface area contributed by atoms with Crippen molar-refractivity contribution in [2.24, 2.45) is 0 Å². The van der Waals surface area contributed by atoms with Crippen LogP contribution in [0, 0.1) is 6.92 Å². The molecule has 0 unspecified atom stereocenters. The Morgan fingerprint density at radius 3 is 2.71 bits per heavy atom. The number of hydrogen-bond donors (Lipinski definition) is 1. The first-order valence-electron chi connectivity index (χ1n) is 6.91. The summed E-state index contributed by atoms with van der Waals surface area (Å²) >= 11 is 0. The van der Waals surface area contributed by atoms with E-state index >= 15 is 0 Å². The molecule has 0 saturated heterocycles. The van der Waals surface area contributed by atoms with Crippen molar-refractivity contribution >= 4 is 0 Å². The number of aliphatic hydroxyl groups is 1. The Kier molecular flexibility index (Phi) is 3.54. The van der Waals surface area contributed by atoms with E-state index in [1.54, 1.807) is 13.1 Å². The molecule has 3 rings (SSSR count). The molecule has 0 amide bonds. The lowest BCUT2D eigenvalue weighted by Crippen LogP contribution is -2.01. The van der Waals surface area contributed by atoms with E-state index in [9.17, 15) is 5.11 Å². The maximum Gasteiger partial charge on any atom is 0.0932 e. The van der Waals surface area contributed by atoms with Crippen LogP contribution in [0.25, 0.3) is 16.9 Å². The van der Waals surface area contributed by atoms with Gasteiger partial charge in [0, 0.05) is 18.0 Å². The Balaban J connectivity index is 2.17. The van der Waals surface area contributed by atoms with Gasteiger partial charge in [0.1, 0.15) is 0 Å². The molecule has 0 saturated carbocycles. The summed E-state index contributed by atoms with van der Waals surface area (Å²) in [5.74, 6) is 0. The van der Waals surface area contributed by atoms with E-state index in [4.69, 9.17) is 0 Å². The molecule has 0 aliphatic heterocycles. The molecule has 1 aromatic carbocycles. The molecular weight excluding hydrogens is 262 g/mol. The smallest absolute Gasteiger partial charge is 0.0932 e. The van der Waals surface area contributed by atoms with Gasteiger partial charge in [-0.05, 0) is 43.7 Å². The largest absolute Gasteiger partial charge is 0.387 e. The van der Waals surface area contributed by atoms with Crippen LogP contribution in [0.1, 0.15) is 24.3 Å². The van der Waals surface area contributed by atoms with E-state index in [0.29, 0.717) is 5.69 Å². The van der Waals surface area contributed by atoms with Gasteiger partial charge in [0.15, 0.2) is 0 Å². The van der Waals surface area contributed by atoms with Gasteiger partial charge in [0.25, 0.3) is 0 Å². The van der Waals surface area contributed by atoms with Crippen LogP contribution in [0.5, 0.6) is 0 Å². The number of aromatic nitrogens is 3. The lowest BCUT2D eigenvalue weighted by atomic mass is 10.1. The minimum absolute atomic E-state index is 0.580. The van der Waals surface area contributed by atoms with Crippen LogP contribution in [-0.2, 0) is 0 Å². The van der Waals surface area contributed by atoms with Crippen molar-refractivity contribution in [3.8, 4) is 16.9 Å². The Labute approximate surface area is 123 Å². The van der Waals surface area contributed by atoms with Gasteiger partial charge < -0.3 is 5.11 Å². The Morgan fingerprint density at radius 1 is 1.14 bits per heavy atom. The van der Waals surface area contributed by atoms with Gasteiger partial charge in [0.2, 0.25) is 0 Å². The minimum Gasteiger partial charge on any atom is -0.387 e. The van der Waals surface area contributed by atoms with E-state index in [1.165, 1.54) is 0 Å². The third-order valence-corrected chi connectivity index (χ3v) is 3.38. The Bertz CT molecular complexity index is 748. The summed E-state index contributed by atoms with van der Waals surface area (Å²) in [5, 5.41) is 14.0. The summed E-state index contributed by atoms with van der Waals surface area (Å²) in [6.45, 7) is 3.77. The molecule has 0 spiro atoms. The fraction of sp³-hybridized carbons (Fsp3) is 0.176. The summed E-state index contributed by atoms with van der Waals surface area (Å²) in [7, 11) is 0. The van der Waals surface area contributed by atoms with Crippen molar-refractivity contribution in [3.05, 3.63) is 66.1 Å². The predicted molar refractivity (Wildman–Crippen MR) is 82.2 cm³/mol. The number of nitrogens with zero attached hydrogens (tertiary/aromatic N) is 3. The van der Waals surface area contributed by atoms with Crippen molar-refractivity contribution in [3.63, 3.8) is 0 Å².